The highest BCUT2D eigenvalue weighted by Crippen LogP contribution is 2.31. The Morgan fingerprint density at radius 2 is 2.30 bits per heavy atom. The Morgan fingerprint density at radius 1 is 1.55 bits per heavy atom. The number of halogens is 1. The Labute approximate surface area is 117 Å². The van der Waals surface area contributed by atoms with E-state index in [1.54, 1.807) is 13.0 Å². The molecule has 0 amide bonds. The topological polar surface area (TPSA) is 49.8 Å². The molecule has 0 aromatic heterocycles. The van der Waals surface area contributed by atoms with Crippen LogP contribution in [0.1, 0.15) is 12.5 Å². The van der Waals surface area contributed by atoms with Crippen molar-refractivity contribution in [3.63, 3.8) is 0 Å². The van der Waals surface area contributed by atoms with Crippen LogP contribution in [0.5, 0.6) is 5.75 Å². The van der Waals surface area contributed by atoms with Gasteiger partial charge >= 0.3 is 5.97 Å². The van der Waals surface area contributed by atoms with E-state index in [0.29, 0.717) is 0 Å². The highest BCUT2D eigenvalue weighted by Gasteiger charge is 2.36. The van der Waals surface area contributed by atoms with E-state index in [1.165, 1.54) is 12.1 Å². The molecule has 1 N–H and O–H groups in total. The number of ether oxygens (including phenoxy) is 1. The fourth-order valence-corrected chi connectivity index (χ4v) is 2.96. The van der Waals surface area contributed by atoms with Crippen molar-refractivity contribution in [1.82, 2.24) is 4.90 Å². The maximum atomic E-state index is 13.1. The van der Waals surface area contributed by atoms with Gasteiger partial charge in [-0.1, -0.05) is 6.92 Å². The second kappa shape index (κ2) is 5.05. The quantitative estimate of drug-likeness (QED) is 0.913. The van der Waals surface area contributed by atoms with Gasteiger partial charge in [0.1, 0.15) is 17.7 Å². The molecule has 20 heavy (non-hydrogen) atoms. The third-order valence-corrected chi connectivity index (χ3v) is 4.31. The second-order valence-corrected chi connectivity index (χ2v) is 5.80. The van der Waals surface area contributed by atoms with Gasteiger partial charge in [0.05, 0.1) is 5.92 Å². The van der Waals surface area contributed by atoms with Crippen molar-refractivity contribution in [2.75, 3.05) is 19.6 Å². The first kappa shape index (κ1) is 13.4. The average Bonchev–Trinajstić information content (AvgIpc) is 2.73. The first-order chi connectivity index (χ1) is 9.52. The lowest BCUT2D eigenvalue weighted by Gasteiger charge is -2.42. The van der Waals surface area contributed by atoms with E-state index < -0.39 is 5.97 Å². The summed E-state index contributed by atoms with van der Waals surface area (Å²) < 4.78 is 18.9. The Hall–Kier alpha value is -1.62. The number of likely N-dealkylation sites (tertiary alicyclic amines) is 1. The number of rotatable bonds is 4. The molecular weight excluding hydrogens is 261 g/mol. The van der Waals surface area contributed by atoms with Crippen LogP contribution in [-0.4, -0.2) is 41.7 Å². The van der Waals surface area contributed by atoms with Gasteiger partial charge in [-0.05, 0) is 24.1 Å². The normalized spacial score (nSPS) is 23.8. The van der Waals surface area contributed by atoms with Gasteiger partial charge in [0.25, 0.3) is 0 Å². The lowest BCUT2D eigenvalue weighted by molar-refractivity contribution is -0.145. The number of fused-ring (bicyclic) bond motifs is 1. The zero-order valence-electron chi connectivity index (χ0n) is 11.4. The van der Waals surface area contributed by atoms with Gasteiger partial charge in [-0.3, -0.25) is 9.69 Å². The number of benzene rings is 1. The molecule has 0 spiro atoms. The number of carboxylic acid groups (broad SMARTS) is 1. The van der Waals surface area contributed by atoms with Crippen LogP contribution in [-0.2, 0) is 11.2 Å². The smallest absolute Gasteiger partial charge is 0.306 e. The Kier molecular flexibility index (Phi) is 3.38. The molecule has 1 aromatic rings. The van der Waals surface area contributed by atoms with E-state index in [1.807, 2.05) is 0 Å². The van der Waals surface area contributed by atoms with Crippen molar-refractivity contribution in [3.8, 4) is 5.75 Å². The van der Waals surface area contributed by atoms with Crippen molar-refractivity contribution < 1.29 is 19.0 Å². The van der Waals surface area contributed by atoms with Crippen LogP contribution in [0.25, 0.3) is 0 Å². The molecule has 2 unspecified atom stereocenters. The van der Waals surface area contributed by atoms with Gasteiger partial charge in [0, 0.05) is 31.6 Å². The van der Waals surface area contributed by atoms with Crippen molar-refractivity contribution in [2.45, 2.75) is 19.4 Å². The van der Waals surface area contributed by atoms with Crippen LogP contribution in [0.2, 0.25) is 0 Å². The summed E-state index contributed by atoms with van der Waals surface area (Å²) in [5.41, 5.74) is 0.922. The summed E-state index contributed by atoms with van der Waals surface area (Å²) in [5, 5.41) is 8.95. The minimum Gasteiger partial charge on any atom is -0.488 e. The summed E-state index contributed by atoms with van der Waals surface area (Å²) in [6, 6.07) is 4.62. The number of hydrogen-bond donors (Lipinski definition) is 1. The monoisotopic (exact) mass is 279 g/mol. The molecule has 108 valence electrons. The predicted molar refractivity (Wildman–Crippen MR) is 71.2 cm³/mol. The fourth-order valence-electron chi connectivity index (χ4n) is 2.96. The fraction of sp³-hybridized carbons (Fsp3) is 0.533. The average molecular weight is 279 g/mol. The molecular formula is C15H18FNO3. The molecule has 0 bridgehead atoms. The molecule has 5 heteroatoms. The number of nitrogens with zero attached hydrogens (tertiary/aromatic N) is 1. The first-order valence-electron chi connectivity index (χ1n) is 6.93. The zero-order chi connectivity index (χ0) is 14.3. The summed E-state index contributed by atoms with van der Waals surface area (Å²) >= 11 is 0. The van der Waals surface area contributed by atoms with E-state index >= 15 is 0 Å². The number of hydrogen-bond acceptors (Lipinski definition) is 3. The van der Waals surface area contributed by atoms with Crippen molar-refractivity contribution in [3.05, 3.63) is 29.6 Å². The number of carbonyl (C=O) groups is 1. The molecule has 2 atom stereocenters. The Bertz CT molecular complexity index is 528. The molecule has 2 aliphatic rings. The molecule has 0 saturated carbocycles. The minimum absolute atomic E-state index is 0.0490. The van der Waals surface area contributed by atoms with Crippen LogP contribution >= 0.6 is 0 Å². The van der Waals surface area contributed by atoms with Crippen molar-refractivity contribution in [2.24, 2.45) is 11.8 Å². The van der Waals surface area contributed by atoms with Crippen molar-refractivity contribution in [1.29, 1.82) is 0 Å². The van der Waals surface area contributed by atoms with E-state index in [4.69, 9.17) is 9.84 Å². The molecule has 2 heterocycles. The summed E-state index contributed by atoms with van der Waals surface area (Å²) in [6.45, 7) is 4.14. The Balaban J connectivity index is 1.49. The molecule has 1 saturated heterocycles. The highest BCUT2D eigenvalue weighted by atomic mass is 19.1. The first-order valence-corrected chi connectivity index (χ1v) is 6.93. The van der Waals surface area contributed by atoms with Crippen LogP contribution in [0.4, 0.5) is 4.39 Å². The molecule has 4 nitrogen and oxygen atoms in total. The van der Waals surface area contributed by atoms with E-state index in [2.05, 4.69) is 4.90 Å². The second-order valence-electron chi connectivity index (χ2n) is 5.80. The van der Waals surface area contributed by atoms with Crippen molar-refractivity contribution >= 4 is 5.97 Å². The standard InChI is InChI=1S/C15H18FNO3/c1-9(15(18)19)11-6-17(7-11)8-13-5-10-4-12(16)2-3-14(10)20-13/h2-4,9,11,13H,5-8H2,1H3,(H,18,19). The van der Waals surface area contributed by atoms with Crippen LogP contribution < -0.4 is 4.74 Å². The van der Waals surface area contributed by atoms with E-state index in [9.17, 15) is 9.18 Å². The molecule has 2 aliphatic heterocycles. The molecule has 0 aliphatic carbocycles. The van der Waals surface area contributed by atoms with Gasteiger partial charge in [-0.2, -0.15) is 0 Å². The lowest BCUT2D eigenvalue weighted by Crippen LogP contribution is -2.53. The zero-order valence-corrected chi connectivity index (χ0v) is 11.4. The molecule has 3 rings (SSSR count). The van der Waals surface area contributed by atoms with Gasteiger partial charge in [0.2, 0.25) is 0 Å². The van der Waals surface area contributed by atoms with Crippen LogP contribution in [0.15, 0.2) is 18.2 Å². The molecule has 1 fully saturated rings. The summed E-state index contributed by atoms with van der Waals surface area (Å²) in [4.78, 5) is 13.1. The van der Waals surface area contributed by atoms with Crippen LogP contribution in [0.3, 0.4) is 0 Å². The SMILES string of the molecule is CC(C(=O)O)C1CN(CC2Cc3cc(F)ccc3O2)C1. The lowest BCUT2D eigenvalue weighted by atomic mass is 9.87. The third-order valence-electron chi connectivity index (χ3n) is 4.31. The van der Waals surface area contributed by atoms with Gasteiger partial charge in [-0.15, -0.1) is 0 Å². The van der Waals surface area contributed by atoms with Gasteiger partial charge < -0.3 is 9.84 Å². The Morgan fingerprint density at radius 3 is 3.00 bits per heavy atom. The molecule has 0 radical (unpaired) electrons. The van der Waals surface area contributed by atoms with Gasteiger partial charge in [0.15, 0.2) is 0 Å². The predicted octanol–water partition coefficient (Wildman–Crippen LogP) is 1.78. The maximum Gasteiger partial charge on any atom is 0.306 e. The van der Waals surface area contributed by atoms with Gasteiger partial charge in [-0.25, -0.2) is 4.39 Å². The maximum absolute atomic E-state index is 13.1. The largest absolute Gasteiger partial charge is 0.488 e. The minimum atomic E-state index is -0.727. The van der Waals surface area contributed by atoms with E-state index in [-0.39, 0.29) is 23.8 Å². The summed E-state index contributed by atoms with van der Waals surface area (Å²) in [5.74, 6) is -0.245. The molecule has 1 aromatic carbocycles. The van der Waals surface area contributed by atoms with Crippen LogP contribution in [0, 0.1) is 17.7 Å². The number of carboxylic acids is 1. The van der Waals surface area contributed by atoms with E-state index in [0.717, 1.165) is 37.4 Å². The number of aliphatic carboxylic acids is 1. The third kappa shape index (κ3) is 2.50. The highest BCUT2D eigenvalue weighted by molar-refractivity contribution is 5.70. The summed E-state index contributed by atoms with van der Waals surface area (Å²) in [6.07, 6.45) is 0.774. The summed E-state index contributed by atoms with van der Waals surface area (Å²) in [7, 11) is 0.